The van der Waals surface area contributed by atoms with Crippen LogP contribution in [0.4, 0.5) is 11.4 Å². The summed E-state index contributed by atoms with van der Waals surface area (Å²) in [5.74, 6) is -2.49. The van der Waals surface area contributed by atoms with E-state index in [4.69, 9.17) is 0 Å². The molecule has 2 N–H and O–H groups in total. The van der Waals surface area contributed by atoms with Crippen LogP contribution in [0.25, 0.3) is 5.76 Å². The molecule has 0 aromatic heterocycles. The van der Waals surface area contributed by atoms with Crippen molar-refractivity contribution in [3.05, 3.63) is 85.5 Å². The van der Waals surface area contributed by atoms with Crippen LogP contribution in [0, 0.1) is 20.2 Å². The molecule has 2 aromatic carbocycles. The maximum Gasteiger partial charge on any atom is 0.295 e. The molecular weight excluding hydrogens is 398 g/mol. The highest BCUT2D eigenvalue weighted by Gasteiger charge is 2.45. The fourth-order valence-corrected chi connectivity index (χ4v) is 3.24. The molecule has 0 bridgehead atoms. The molecule has 1 aliphatic rings. The van der Waals surface area contributed by atoms with Gasteiger partial charge in [0.1, 0.15) is 5.76 Å². The van der Waals surface area contributed by atoms with Crippen molar-refractivity contribution in [2.45, 2.75) is 6.04 Å². The van der Waals surface area contributed by atoms with E-state index in [1.807, 2.05) is 0 Å². The van der Waals surface area contributed by atoms with Crippen molar-refractivity contribution >= 4 is 28.8 Å². The quantitative estimate of drug-likeness (QED) is 0.238. The highest BCUT2D eigenvalue weighted by Crippen LogP contribution is 2.39. The van der Waals surface area contributed by atoms with Crippen LogP contribution in [0.2, 0.25) is 0 Å². The van der Waals surface area contributed by atoms with Crippen molar-refractivity contribution in [2.75, 3.05) is 13.2 Å². The number of carbonyl (C=O) groups excluding carboxylic acids is 2. The lowest BCUT2D eigenvalue weighted by Gasteiger charge is -2.24. The monoisotopic (exact) mass is 413 g/mol. The highest BCUT2D eigenvalue weighted by atomic mass is 16.6. The largest absolute Gasteiger partial charge is 0.507 e. The Kier molecular flexibility index (Phi) is 5.56. The first kappa shape index (κ1) is 20.6. The Morgan fingerprint density at radius 3 is 1.90 bits per heavy atom. The van der Waals surface area contributed by atoms with Gasteiger partial charge in [0.15, 0.2) is 0 Å². The second kappa shape index (κ2) is 8.09. The molecular formula is C19H15N3O8. The molecule has 1 fully saturated rings. The van der Waals surface area contributed by atoms with Gasteiger partial charge in [-0.25, -0.2) is 0 Å². The number of aliphatic hydroxyl groups is 2. The number of hydrogen-bond donors (Lipinski definition) is 2. The normalized spacial score (nSPS) is 17.9. The van der Waals surface area contributed by atoms with Crippen molar-refractivity contribution in [1.82, 2.24) is 4.90 Å². The molecule has 30 heavy (non-hydrogen) atoms. The topological polar surface area (TPSA) is 164 Å². The van der Waals surface area contributed by atoms with E-state index >= 15 is 0 Å². The van der Waals surface area contributed by atoms with E-state index in [9.17, 15) is 40.0 Å². The molecule has 0 spiro atoms. The minimum atomic E-state index is -1.09. The first-order chi connectivity index (χ1) is 14.3. The lowest BCUT2D eigenvalue weighted by molar-refractivity contribution is -0.385. The number of rotatable bonds is 6. The number of non-ortho nitro benzene ring substituents is 2. The first-order valence-electron chi connectivity index (χ1n) is 8.64. The van der Waals surface area contributed by atoms with Crippen LogP contribution >= 0.6 is 0 Å². The Labute approximate surface area is 168 Å². The molecule has 3 rings (SSSR count). The Balaban J connectivity index is 2.14. The molecule has 0 radical (unpaired) electrons. The zero-order valence-corrected chi connectivity index (χ0v) is 15.3. The summed E-state index contributed by atoms with van der Waals surface area (Å²) in [7, 11) is 0. The van der Waals surface area contributed by atoms with E-state index in [1.54, 1.807) is 0 Å². The number of benzene rings is 2. The molecule has 0 saturated carbocycles. The van der Waals surface area contributed by atoms with E-state index in [-0.39, 0.29) is 29.1 Å². The van der Waals surface area contributed by atoms with Gasteiger partial charge in [-0.3, -0.25) is 29.8 Å². The lowest BCUT2D eigenvalue weighted by Crippen LogP contribution is -2.32. The van der Waals surface area contributed by atoms with Gasteiger partial charge in [-0.15, -0.1) is 0 Å². The number of nitrogens with zero attached hydrogens (tertiary/aromatic N) is 3. The minimum Gasteiger partial charge on any atom is -0.507 e. The van der Waals surface area contributed by atoms with Gasteiger partial charge in [-0.1, -0.05) is 0 Å². The number of likely N-dealkylation sites (tertiary alicyclic amines) is 1. The number of β-amino-alcohol motifs (C(OH)–C–C–N with tert-alkyl or cyclic N) is 1. The van der Waals surface area contributed by atoms with Gasteiger partial charge in [0.05, 0.1) is 28.1 Å². The predicted molar refractivity (Wildman–Crippen MR) is 102 cm³/mol. The Hall–Kier alpha value is -4.12. The number of nitro groups is 2. The number of ketones is 1. The van der Waals surface area contributed by atoms with Gasteiger partial charge in [-0.05, 0) is 29.8 Å². The van der Waals surface area contributed by atoms with E-state index in [1.165, 1.54) is 36.4 Å². The zero-order valence-electron chi connectivity index (χ0n) is 15.3. The zero-order chi connectivity index (χ0) is 22.0. The molecule has 1 atom stereocenters. The van der Waals surface area contributed by atoms with Crippen molar-refractivity contribution in [2.24, 2.45) is 0 Å². The van der Waals surface area contributed by atoms with Gasteiger partial charge >= 0.3 is 0 Å². The van der Waals surface area contributed by atoms with E-state index in [2.05, 4.69) is 0 Å². The molecule has 2 aromatic rings. The van der Waals surface area contributed by atoms with Crippen LogP contribution < -0.4 is 0 Å². The number of Topliss-reactive ketones (excluding diaryl/α,β-unsaturated/α-hetero) is 1. The fourth-order valence-electron chi connectivity index (χ4n) is 3.24. The van der Waals surface area contributed by atoms with Gasteiger partial charge in [0.2, 0.25) is 0 Å². The van der Waals surface area contributed by atoms with Crippen LogP contribution in [-0.2, 0) is 9.59 Å². The smallest absolute Gasteiger partial charge is 0.295 e. The summed E-state index contributed by atoms with van der Waals surface area (Å²) in [6.45, 7) is -0.655. The summed E-state index contributed by atoms with van der Waals surface area (Å²) in [6.07, 6.45) is 0. The summed E-state index contributed by atoms with van der Waals surface area (Å²) in [5.41, 5.74) is -0.310. The van der Waals surface area contributed by atoms with E-state index in [0.717, 1.165) is 17.0 Å². The molecule has 11 heteroatoms. The van der Waals surface area contributed by atoms with Crippen LogP contribution in [-0.4, -0.2) is 49.8 Å². The van der Waals surface area contributed by atoms with E-state index < -0.39 is 39.9 Å². The third-order valence-corrected chi connectivity index (χ3v) is 4.65. The lowest BCUT2D eigenvalue weighted by atomic mass is 9.95. The Bertz CT molecular complexity index is 1060. The second-order valence-corrected chi connectivity index (χ2v) is 6.37. The summed E-state index contributed by atoms with van der Waals surface area (Å²) in [4.78, 5) is 46.6. The minimum absolute atomic E-state index is 0.0783. The molecule has 1 unspecified atom stereocenters. The number of carbonyl (C=O) groups is 2. The average Bonchev–Trinajstić information content (AvgIpc) is 2.98. The van der Waals surface area contributed by atoms with Gasteiger partial charge in [0, 0.05) is 36.4 Å². The predicted octanol–water partition coefficient (Wildman–Crippen LogP) is 1.92. The van der Waals surface area contributed by atoms with Crippen LogP contribution in [0.5, 0.6) is 0 Å². The summed E-state index contributed by atoms with van der Waals surface area (Å²) in [5, 5.41) is 41.7. The van der Waals surface area contributed by atoms with Crippen LogP contribution in [0.15, 0.2) is 54.1 Å². The standard InChI is InChI=1S/C19H15N3O8/c23-10-9-20-16(11-1-5-13(6-2-11)21(27)28)15(18(25)19(20)26)17(24)12-3-7-14(8-4-12)22(29)30/h1-8,16,23-24H,9-10H2. The second-order valence-electron chi connectivity index (χ2n) is 6.37. The summed E-state index contributed by atoms with van der Waals surface area (Å²) >= 11 is 0. The van der Waals surface area contributed by atoms with Gasteiger partial charge in [-0.2, -0.15) is 0 Å². The molecule has 11 nitrogen and oxygen atoms in total. The van der Waals surface area contributed by atoms with Crippen molar-refractivity contribution in [3.63, 3.8) is 0 Å². The summed E-state index contributed by atoms with van der Waals surface area (Å²) < 4.78 is 0. The third-order valence-electron chi connectivity index (χ3n) is 4.65. The number of nitro benzene ring substituents is 2. The van der Waals surface area contributed by atoms with Crippen LogP contribution in [0.3, 0.4) is 0 Å². The molecule has 0 aliphatic carbocycles. The van der Waals surface area contributed by atoms with Crippen molar-refractivity contribution in [1.29, 1.82) is 0 Å². The summed E-state index contributed by atoms with van der Waals surface area (Å²) in [6, 6.07) is 8.75. The van der Waals surface area contributed by atoms with Crippen molar-refractivity contribution < 1.29 is 29.6 Å². The van der Waals surface area contributed by atoms with E-state index in [0.29, 0.717) is 5.56 Å². The van der Waals surface area contributed by atoms with Gasteiger partial charge < -0.3 is 15.1 Å². The Morgan fingerprint density at radius 2 is 1.43 bits per heavy atom. The van der Waals surface area contributed by atoms with Crippen molar-refractivity contribution in [3.8, 4) is 0 Å². The molecule has 1 aliphatic heterocycles. The number of aliphatic hydroxyl groups excluding tert-OH is 2. The molecule has 154 valence electrons. The number of amides is 1. The Morgan fingerprint density at radius 1 is 0.933 bits per heavy atom. The first-order valence-corrected chi connectivity index (χ1v) is 8.64. The maximum absolute atomic E-state index is 12.6. The highest BCUT2D eigenvalue weighted by molar-refractivity contribution is 6.46. The molecule has 1 amide bonds. The third kappa shape index (κ3) is 3.61. The fraction of sp³-hybridized carbons (Fsp3) is 0.158. The maximum atomic E-state index is 12.6. The average molecular weight is 413 g/mol. The number of hydrogen-bond acceptors (Lipinski definition) is 8. The molecule has 1 saturated heterocycles. The van der Waals surface area contributed by atoms with Crippen LogP contribution in [0.1, 0.15) is 17.2 Å². The van der Waals surface area contributed by atoms with Gasteiger partial charge in [0.25, 0.3) is 23.1 Å². The molecule has 1 heterocycles. The SMILES string of the molecule is O=C1C(=O)N(CCO)C(c2ccc([N+](=O)[O-])cc2)C1=C(O)c1ccc([N+](=O)[O-])cc1.